The number of benzene rings is 3. The second kappa shape index (κ2) is 8.82. The molecule has 0 saturated carbocycles. The maximum atomic E-state index is 6.33. The normalized spacial score (nSPS) is 10.9. The van der Waals surface area contributed by atoms with E-state index >= 15 is 0 Å². The van der Waals surface area contributed by atoms with E-state index in [9.17, 15) is 0 Å². The fourth-order valence-corrected chi connectivity index (χ4v) is 4.59. The monoisotopic (exact) mass is 425 g/mol. The largest absolute Gasteiger partial charge is 0.298 e. The van der Waals surface area contributed by atoms with Gasteiger partial charge in [0.25, 0.3) is 0 Å². The van der Waals surface area contributed by atoms with Crippen molar-refractivity contribution in [2.75, 3.05) is 0 Å². The first-order valence-corrected chi connectivity index (χ1v) is 10.5. The van der Waals surface area contributed by atoms with Gasteiger partial charge in [-0.05, 0) is 23.3 Å². The lowest BCUT2D eigenvalue weighted by Gasteiger charge is -2.11. The van der Waals surface area contributed by atoms with E-state index in [1.165, 1.54) is 5.56 Å². The van der Waals surface area contributed by atoms with Gasteiger partial charge >= 0.3 is 0 Å². The molecule has 0 aliphatic rings. The number of rotatable bonds is 6. The lowest BCUT2D eigenvalue weighted by Crippen LogP contribution is -2.04. The highest BCUT2D eigenvalue weighted by atomic mass is 35.5. The molecule has 0 amide bonds. The summed E-state index contributed by atoms with van der Waals surface area (Å²) in [6, 6.07) is 26.0. The Hall–Kier alpha value is -2.27. The zero-order valence-electron chi connectivity index (χ0n) is 14.9. The van der Waals surface area contributed by atoms with Crippen molar-refractivity contribution in [2.45, 2.75) is 17.5 Å². The first kappa shape index (κ1) is 19.1. The number of halogens is 2. The van der Waals surface area contributed by atoms with Crippen molar-refractivity contribution in [3.8, 4) is 11.4 Å². The number of aromatic nitrogens is 3. The average Bonchev–Trinajstić information content (AvgIpc) is 3.11. The second-order valence-electron chi connectivity index (χ2n) is 6.23. The molecular weight excluding hydrogens is 409 g/mol. The highest BCUT2D eigenvalue weighted by molar-refractivity contribution is 7.98. The van der Waals surface area contributed by atoms with Gasteiger partial charge in [-0.1, -0.05) is 102 Å². The van der Waals surface area contributed by atoms with Gasteiger partial charge in [0.1, 0.15) is 0 Å². The van der Waals surface area contributed by atoms with Gasteiger partial charge < -0.3 is 0 Å². The summed E-state index contributed by atoms with van der Waals surface area (Å²) in [5.41, 5.74) is 3.14. The van der Waals surface area contributed by atoms with Crippen LogP contribution in [0.1, 0.15) is 11.1 Å². The molecule has 3 nitrogen and oxygen atoms in total. The molecule has 0 N–H and O–H groups in total. The molecular formula is C22H17Cl2N3S. The maximum absolute atomic E-state index is 6.33. The van der Waals surface area contributed by atoms with E-state index < -0.39 is 0 Å². The smallest absolute Gasteiger partial charge is 0.192 e. The van der Waals surface area contributed by atoms with Gasteiger partial charge in [0.2, 0.25) is 0 Å². The first-order chi connectivity index (χ1) is 13.7. The van der Waals surface area contributed by atoms with E-state index in [2.05, 4.69) is 26.9 Å². The maximum Gasteiger partial charge on any atom is 0.192 e. The molecule has 0 aliphatic heterocycles. The Morgan fingerprint density at radius 2 is 1.39 bits per heavy atom. The van der Waals surface area contributed by atoms with Crippen LogP contribution in [-0.4, -0.2) is 14.8 Å². The Balaban J connectivity index is 1.68. The number of thioether (sulfide) groups is 1. The molecule has 140 valence electrons. The van der Waals surface area contributed by atoms with Crippen molar-refractivity contribution in [3.63, 3.8) is 0 Å². The Labute approximate surface area is 178 Å². The number of nitrogens with zero attached hydrogens (tertiary/aromatic N) is 3. The summed E-state index contributed by atoms with van der Waals surface area (Å²) >= 11 is 14.2. The molecule has 1 heterocycles. The van der Waals surface area contributed by atoms with Crippen LogP contribution in [0.4, 0.5) is 0 Å². The third kappa shape index (κ3) is 4.25. The molecule has 0 saturated heterocycles. The number of hydrogen-bond donors (Lipinski definition) is 0. The fourth-order valence-electron chi connectivity index (χ4n) is 2.91. The van der Waals surface area contributed by atoms with Gasteiger partial charge in [-0.2, -0.15) is 0 Å². The van der Waals surface area contributed by atoms with Crippen LogP contribution >= 0.6 is 35.0 Å². The summed E-state index contributed by atoms with van der Waals surface area (Å²) in [6.07, 6.45) is 0. The van der Waals surface area contributed by atoms with Crippen molar-refractivity contribution in [2.24, 2.45) is 0 Å². The van der Waals surface area contributed by atoms with Crippen LogP contribution in [-0.2, 0) is 12.3 Å². The van der Waals surface area contributed by atoms with Gasteiger partial charge in [-0.15, -0.1) is 10.2 Å². The summed E-state index contributed by atoms with van der Waals surface area (Å²) in [5, 5.41) is 11.1. The summed E-state index contributed by atoms with van der Waals surface area (Å²) < 4.78 is 2.14. The Bertz CT molecular complexity index is 1050. The molecule has 0 atom stereocenters. The van der Waals surface area contributed by atoms with Crippen LogP contribution in [0.3, 0.4) is 0 Å². The van der Waals surface area contributed by atoms with E-state index in [0.717, 1.165) is 22.1 Å². The summed E-state index contributed by atoms with van der Waals surface area (Å²) in [5.74, 6) is 1.47. The van der Waals surface area contributed by atoms with Crippen LogP contribution in [0.25, 0.3) is 11.4 Å². The standard InChI is InChI=1S/C22H17Cl2N3S/c23-19-12-7-13-20(24)18(19)15-28-22-26-25-21(17-10-5-2-6-11-17)27(22)14-16-8-3-1-4-9-16/h1-13H,14-15H2. The van der Waals surface area contributed by atoms with Gasteiger partial charge in [0.05, 0.1) is 6.54 Å². The van der Waals surface area contributed by atoms with Crippen LogP contribution in [0.2, 0.25) is 10.0 Å². The molecule has 0 bridgehead atoms. The van der Waals surface area contributed by atoms with E-state index in [0.29, 0.717) is 22.3 Å². The van der Waals surface area contributed by atoms with Crippen molar-refractivity contribution in [3.05, 3.63) is 100 Å². The molecule has 0 aliphatic carbocycles. The topological polar surface area (TPSA) is 30.7 Å². The van der Waals surface area contributed by atoms with E-state index in [4.69, 9.17) is 23.2 Å². The van der Waals surface area contributed by atoms with Gasteiger partial charge in [-0.3, -0.25) is 4.57 Å². The molecule has 0 spiro atoms. The SMILES string of the molecule is Clc1cccc(Cl)c1CSc1nnc(-c2ccccc2)n1Cc1ccccc1. The van der Waals surface area contributed by atoms with Crippen molar-refractivity contribution < 1.29 is 0 Å². The minimum atomic E-state index is 0.625. The first-order valence-electron chi connectivity index (χ1n) is 8.80. The summed E-state index contributed by atoms with van der Waals surface area (Å²) in [6.45, 7) is 0.691. The summed E-state index contributed by atoms with van der Waals surface area (Å²) in [4.78, 5) is 0. The average molecular weight is 426 g/mol. The van der Waals surface area contributed by atoms with Gasteiger partial charge in [-0.25, -0.2) is 0 Å². The quantitative estimate of drug-likeness (QED) is 0.326. The van der Waals surface area contributed by atoms with Crippen LogP contribution in [0.15, 0.2) is 84.0 Å². The highest BCUT2D eigenvalue weighted by Gasteiger charge is 2.16. The lowest BCUT2D eigenvalue weighted by molar-refractivity contribution is 0.714. The predicted octanol–water partition coefficient (Wildman–Crippen LogP) is 6.59. The molecule has 0 unspecified atom stereocenters. The highest BCUT2D eigenvalue weighted by Crippen LogP contribution is 2.32. The molecule has 1 aromatic heterocycles. The Morgan fingerprint density at radius 1 is 0.750 bits per heavy atom. The van der Waals surface area contributed by atoms with Crippen molar-refractivity contribution in [1.82, 2.24) is 14.8 Å². The number of hydrogen-bond acceptors (Lipinski definition) is 3. The molecule has 0 radical (unpaired) electrons. The minimum Gasteiger partial charge on any atom is -0.298 e. The molecule has 6 heteroatoms. The van der Waals surface area contributed by atoms with E-state index in [1.807, 2.05) is 66.7 Å². The molecule has 28 heavy (non-hydrogen) atoms. The zero-order chi connectivity index (χ0) is 19.3. The second-order valence-corrected chi connectivity index (χ2v) is 7.99. The predicted molar refractivity (Wildman–Crippen MR) is 117 cm³/mol. The molecule has 0 fully saturated rings. The third-order valence-electron chi connectivity index (χ3n) is 4.34. The summed E-state index contributed by atoms with van der Waals surface area (Å²) in [7, 11) is 0. The van der Waals surface area contributed by atoms with E-state index in [-0.39, 0.29) is 0 Å². The third-order valence-corrected chi connectivity index (χ3v) is 6.04. The van der Waals surface area contributed by atoms with Crippen LogP contribution < -0.4 is 0 Å². The van der Waals surface area contributed by atoms with Crippen molar-refractivity contribution >= 4 is 35.0 Å². The lowest BCUT2D eigenvalue weighted by atomic mass is 10.2. The molecule has 3 aromatic carbocycles. The van der Waals surface area contributed by atoms with Crippen LogP contribution in [0, 0.1) is 0 Å². The van der Waals surface area contributed by atoms with Crippen LogP contribution in [0.5, 0.6) is 0 Å². The zero-order valence-corrected chi connectivity index (χ0v) is 17.3. The minimum absolute atomic E-state index is 0.625. The fraction of sp³-hybridized carbons (Fsp3) is 0.0909. The van der Waals surface area contributed by atoms with Gasteiger partial charge in [0, 0.05) is 21.4 Å². The van der Waals surface area contributed by atoms with Crippen molar-refractivity contribution in [1.29, 1.82) is 0 Å². The molecule has 4 rings (SSSR count). The Kier molecular flexibility index (Phi) is 6.01. The Morgan fingerprint density at radius 3 is 2.07 bits per heavy atom. The van der Waals surface area contributed by atoms with E-state index in [1.54, 1.807) is 11.8 Å². The molecule has 4 aromatic rings. The van der Waals surface area contributed by atoms with Gasteiger partial charge in [0.15, 0.2) is 11.0 Å².